The van der Waals surface area contributed by atoms with Crippen molar-refractivity contribution in [1.29, 1.82) is 0 Å². The first-order valence-electron chi connectivity index (χ1n) is 10.6. The highest BCUT2D eigenvalue weighted by Gasteiger charge is 2.64. The summed E-state index contributed by atoms with van der Waals surface area (Å²) >= 11 is 0. The second kappa shape index (κ2) is 7.67. The van der Waals surface area contributed by atoms with Crippen molar-refractivity contribution in [2.45, 2.75) is 43.4 Å². The monoisotopic (exact) mass is 454 g/mol. The second-order valence-corrected chi connectivity index (χ2v) is 8.87. The molecule has 33 heavy (non-hydrogen) atoms. The summed E-state index contributed by atoms with van der Waals surface area (Å²) in [5.41, 5.74) is 0.801. The standard InChI is InChI=1S/C23H24F2N6O2/c1-13(16-9-22(2)23(24,25)10-17(28-22)20(16)33-3)18-11-27-21(30-29-18)15-5-4-14(8-19(15)32)31-7-6-26-12-31/h4-8,11-12,16-17,20,28,32H,1,9-10H2,2-3H3/t16-,17-,20-,22-/m1/s1. The van der Waals surface area contributed by atoms with E-state index in [9.17, 15) is 13.9 Å². The number of phenolic OH excluding ortho intramolecular Hbond substituents is 1. The van der Waals surface area contributed by atoms with Gasteiger partial charge in [-0.3, -0.25) is 0 Å². The summed E-state index contributed by atoms with van der Waals surface area (Å²) in [5.74, 6) is -2.95. The van der Waals surface area contributed by atoms with Crippen LogP contribution in [-0.4, -0.2) is 60.6 Å². The maximum absolute atomic E-state index is 14.6. The van der Waals surface area contributed by atoms with Crippen LogP contribution < -0.4 is 5.32 Å². The van der Waals surface area contributed by atoms with E-state index < -0.39 is 23.6 Å². The van der Waals surface area contributed by atoms with Crippen LogP contribution in [0.25, 0.3) is 22.6 Å². The van der Waals surface area contributed by atoms with Crippen LogP contribution in [0.3, 0.4) is 0 Å². The summed E-state index contributed by atoms with van der Waals surface area (Å²) in [6.45, 7) is 5.67. The summed E-state index contributed by atoms with van der Waals surface area (Å²) in [7, 11) is 1.52. The minimum Gasteiger partial charge on any atom is -0.507 e. The lowest BCUT2D eigenvalue weighted by Gasteiger charge is -2.42. The quantitative estimate of drug-likeness (QED) is 0.611. The highest BCUT2D eigenvalue weighted by atomic mass is 19.3. The molecule has 172 valence electrons. The van der Waals surface area contributed by atoms with Gasteiger partial charge < -0.3 is 19.7 Å². The number of ether oxygens (including phenoxy) is 1. The molecule has 2 saturated heterocycles. The number of rotatable bonds is 5. The molecule has 1 aromatic carbocycles. The van der Waals surface area contributed by atoms with E-state index in [0.29, 0.717) is 16.8 Å². The molecular weight excluding hydrogens is 430 g/mol. The van der Waals surface area contributed by atoms with Crippen molar-refractivity contribution in [1.82, 2.24) is 30.0 Å². The zero-order valence-corrected chi connectivity index (χ0v) is 18.2. The van der Waals surface area contributed by atoms with Crippen molar-refractivity contribution < 1.29 is 18.6 Å². The number of imidazole rings is 1. The van der Waals surface area contributed by atoms with Crippen molar-refractivity contribution in [3.05, 3.63) is 55.4 Å². The summed E-state index contributed by atoms with van der Waals surface area (Å²) in [4.78, 5) is 8.34. The molecule has 3 aromatic rings. The van der Waals surface area contributed by atoms with E-state index in [1.165, 1.54) is 13.3 Å². The fraction of sp³-hybridized carbons (Fsp3) is 0.391. The Balaban J connectivity index is 1.39. The molecule has 2 fully saturated rings. The molecule has 0 amide bonds. The third-order valence-corrected chi connectivity index (χ3v) is 6.84. The Kier molecular flexibility index (Phi) is 5.02. The van der Waals surface area contributed by atoms with Crippen LogP contribution in [0.15, 0.2) is 49.7 Å². The first-order chi connectivity index (χ1) is 15.7. The summed E-state index contributed by atoms with van der Waals surface area (Å²) in [5, 5.41) is 21.9. The molecule has 2 bridgehead atoms. The van der Waals surface area contributed by atoms with Gasteiger partial charge >= 0.3 is 0 Å². The van der Waals surface area contributed by atoms with Gasteiger partial charge in [-0.25, -0.2) is 18.7 Å². The van der Waals surface area contributed by atoms with Crippen LogP contribution >= 0.6 is 0 Å². The molecular formula is C23H24F2N6O2. The number of fused-ring (bicyclic) bond motifs is 2. The minimum atomic E-state index is -2.84. The van der Waals surface area contributed by atoms with Crippen LogP contribution in [0.2, 0.25) is 0 Å². The van der Waals surface area contributed by atoms with Gasteiger partial charge in [-0.05, 0) is 31.1 Å². The van der Waals surface area contributed by atoms with Gasteiger partial charge in [0, 0.05) is 44.0 Å². The normalized spacial score (nSPS) is 28.1. The molecule has 0 unspecified atom stereocenters. The van der Waals surface area contributed by atoms with Gasteiger partial charge in [0.25, 0.3) is 5.92 Å². The lowest BCUT2D eigenvalue weighted by atomic mass is 9.77. The van der Waals surface area contributed by atoms with Crippen LogP contribution in [0, 0.1) is 5.92 Å². The van der Waals surface area contributed by atoms with Crippen LogP contribution in [0.5, 0.6) is 5.75 Å². The zero-order valence-electron chi connectivity index (χ0n) is 18.2. The molecule has 10 heteroatoms. The topological polar surface area (TPSA) is 98.0 Å². The van der Waals surface area contributed by atoms with E-state index in [2.05, 4.69) is 32.1 Å². The summed E-state index contributed by atoms with van der Waals surface area (Å²) < 4.78 is 36.6. The lowest BCUT2D eigenvalue weighted by Crippen LogP contribution is -2.59. The number of alkyl halides is 2. The van der Waals surface area contributed by atoms with Crippen molar-refractivity contribution in [2.24, 2.45) is 5.92 Å². The summed E-state index contributed by atoms with van der Waals surface area (Å²) in [6, 6.07) is 4.62. The number of nitrogens with zero attached hydrogens (tertiary/aromatic N) is 5. The van der Waals surface area contributed by atoms with Gasteiger partial charge in [0.2, 0.25) is 0 Å². The average molecular weight is 454 g/mol. The maximum atomic E-state index is 14.6. The van der Waals surface area contributed by atoms with Gasteiger partial charge in [-0.15, -0.1) is 10.2 Å². The van der Waals surface area contributed by atoms with Gasteiger partial charge in [-0.1, -0.05) is 6.58 Å². The molecule has 0 saturated carbocycles. The largest absolute Gasteiger partial charge is 0.507 e. The SMILES string of the molecule is C=C(c1cnc(-c2ccc(-n3ccnc3)cc2O)nn1)[C@H]1C[C@@]2(C)N[C@H](CC2(F)F)[C@@H]1OC. The number of aromatic nitrogens is 5. The van der Waals surface area contributed by atoms with Gasteiger partial charge in [0.15, 0.2) is 5.82 Å². The second-order valence-electron chi connectivity index (χ2n) is 8.87. The molecule has 2 N–H and O–H groups in total. The van der Waals surface area contributed by atoms with Crippen molar-refractivity contribution in [2.75, 3.05) is 7.11 Å². The Labute approximate surface area is 189 Å². The van der Waals surface area contributed by atoms with E-state index >= 15 is 0 Å². The van der Waals surface area contributed by atoms with Crippen LogP contribution in [0.4, 0.5) is 8.78 Å². The molecule has 4 heterocycles. The Morgan fingerprint density at radius 1 is 1.30 bits per heavy atom. The number of phenols is 1. The third-order valence-electron chi connectivity index (χ3n) is 6.84. The number of hydrogen-bond donors (Lipinski definition) is 2. The number of benzene rings is 1. The molecule has 2 aromatic heterocycles. The van der Waals surface area contributed by atoms with E-state index in [1.807, 2.05) is 6.07 Å². The minimum absolute atomic E-state index is 0.000824. The highest BCUT2D eigenvalue weighted by molar-refractivity contribution is 5.67. The van der Waals surface area contributed by atoms with Gasteiger partial charge in [0.05, 0.1) is 35.4 Å². The fourth-order valence-electron chi connectivity index (χ4n) is 4.98. The molecule has 0 spiro atoms. The van der Waals surface area contributed by atoms with Crippen LogP contribution in [0.1, 0.15) is 25.5 Å². The molecule has 0 radical (unpaired) electrons. The molecule has 0 aliphatic carbocycles. The van der Waals surface area contributed by atoms with E-state index in [-0.39, 0.29) is 30.3 Å². The Morgan fingerprint density at radius 3 is 2.76 bits per heavy atom. The fourth-order valence-corrected chi connectivity index (χ4v) is 4.98. The molecule has 2 aliphatic rings. The number of methoxy groups -OCH3 is 1. The van der Waals surface area contributed by atoms with Gasteiger partial charge in [-0.2, -0.15) is 0 Å². The number of hydrogen-bond acceptors (Lipinski definition) is 7. The Morgan fingerprint density at radius 2 is 2.12 bits per heavy atom. The van der Waals surface area contributed by atoms with Crippen LogP contribution in [-0.2, 0) is 4.74 Å². The molecule has 4 atom stereocenters. The number of nitrogens with one attached hydrogen (secondary N) is 1. The zero-order chi connectivity index (χ0) is 23.4. The number of piperidine rings is 1. The third kappa shape index (κ3) is 3.50. The van der Waals surface area contributed by atoms with E-state index in [1.54, 1.807) is 42.3 Å². The average Bonchev–Trinajstić information content (AvgIpc) is 3.38. The predicted molar refractivity (Wildman–Crippen MR) is 117 cm³/mol. The predicted octanol–water partition coefficient (Wildman–Crippen LogP) is 3.23. The maximum Gasteiger partial charge on any atom is 0.267 e. The van der Waals surface area contributed by atoms with E-state index in [4.69, 9.17) is 4.74 Å². The van der Waals surface area contributed by atoms with Crippen molar-refractivity contribution >= 4 is 5.57 Å². The van der Waals surface area contributed by atoms with Gasteiger partial charge in [0.1, 0.15) is 11.4 Å². The number of halogens is 2. The Hall–Kier alpha value is -3.24. The number of aromatic hydroxyl groups is 1. The molecule has 8 nitrogen and oxygen atoms in total. The van der Waals surface area contributed by atoms with Crippen molar-refractivity contribution in [3.63, 3.8) is 0 Å². The van der Waals surface area contributed by atoms with Crippen molar-refractivity contribution in [3.8, 4) is 22.8 Å². The first-order valence-corrected chi connectivity index (χ1v) is 10.6. The van der Waals surface area contributed by atoms with E-state index in [0.717, 1.165) is 5.69 Å². The smallest absolute Gasteiger partial charge is 0.267 e. The first kappa shape index (κ1) is 21.6. The lowest BCUT2D eigenvalue weighted by molar-refractivity contribution is -0.0630. The Bertz CT molecular complexity index is 1180. The highest BCUT2D eigenvalue weighted by Crippen LogP contribution is 2.51. The summed E-state index contributed by atoms with van der Waals surface area (Å²) in [6.07, 6.45) is 5.97. The molecule has 5 rings (SSSR count). The molecule has 2 aliphatic heterocycles.